The van der Waals surface area contributed by atoms with Crippen LogP contribution in [0.5, 0.6) is 11.5 Å². The minimum Gasteiger partial charge on any atom is -0.492 e. The monoisotopic (exact) mass is 490 g/mol. The smallest absolute Gasteiger partial charge is 0.185 e. The number of benzene rings is 2. The van der Waals surface area contributed by atoms with Crippen LogP contribution in [0.4, 0.5) is 10.1 Å². The fourth-order valence-electron chi connectivity index (χ4n) is 3.63. The number of anilines is 1. The van der Waals surface area contributed by atoms with Crippen LogP contribution in [0.1, 0.15) is 29.8 Å². The summed E-state index contributed by atoms with van der Waals surface area (Å²) in [7, 11) is 1.57. The van der Waals surface area contributed by atoms with Crippen LogP contribution in [0, 0.1) is 5.82 Å². The average Bonchev–Trinajstić information content (AvgIpc) is 2.77. The Labute approximate surface area is 191 Å². The molecule has 0 atom stereocenters. The minimum absolute atomic E-state index is 0.258. The number of piperazine rings is 1. The lowest BCUT2D eigenvalue weighted by atomic mass is 10.1. The molecule has 5 nitrogen and oxygen atoms in total. The fraction of sp³-hybridized carbons (Fsp3) is 0.375. The molecule has 0 unspecified atom stereocenters. The number of ketones is 1. The second-order valence-electron chi connectivity index (χ2n) is 7.25. The molecule has 166 valence electrons. The van der Waals surface area contributed by atoms with E-state index in [1.807, 2.05) is 17.9 Å². The molecular formula is C24H28BrFN2O3. The minimum atomic E-state index is -0.366. The molecule has 31 heavy (non-hydrogen) atoms. The molecule has 1 heterocycles. The number of hydrogen-bond donors (Lipinski definition) is 0. The van der Waals surface area contributed by atoms with Gasteiger partial charge in [-0.1, -0.05) is 13.0 Å². The SMILES string of the molecule is CCOc1cc(/C=C/C(=O)c2ccc(N3CCN(CC)CC3)c(F)c2)cc(Br)c1OC. The van der Waals surface area contributed by atoms with Crippen molar-refractivity contribution in [2.24, 2.45) is 0 Å². The molecule has 0 amide bonds. The van der Waals surface area contributed by atoms with E-state index in [9.17, 15) is 9.18 Å². The molecule has 2 aromatic carbocycles. The van der Waals surface area contributed by atoms with Gasteiger partial charge in [-0.25, -0.2) is 4.39 Å². The van der Waals surface area contributed by atoms with Crippen LogP contribution in [-0.4, -0.2) is 57.1 Å². The van der Waals surface area contributed by atoms with Gasteiger partial charge in [0.25, 0.3) is 0 Å². The number of hydrogen-bond acceptors (Lipinski definition) is 5. The number of carbonyl (C=O) groups is 1. The first-order valence-corrected chi connectivity index (χ1v) is 11.3. The molecule has 1 fully saturated rings. The van der Waals surface area contributed by atoms with E-state index in [0.29, 0.717) is 29.4 Å². The summed E-state index contributed by atoms with van der Waals surface area (Å²) < 4.78 is 26.4. The van der Waals surface area contributed by atoms with Gasteiger partial charge in [0, 0.05) is 31.7 Å². The molecule has 1 saturated heterocycles. The first kappa shape index (κ1) is 23.3. The van der Waals surface area contributed by atoms with E-state index in [1.54, 1.807) is 31.4 Å². The summed E-state index contributed by atoms with van der Waals surface area (Å²) in [5, 5.41) is 0. The quantitative estimate of drug-likeness (QED) is 0.383. The van der Waals surface area contributed by atoms with E-state index >= 15 is 0 Å². The summed E-state index contributed by atoms with van der Waals surface area (Å²) in [5.41, 5.74) is 1.65. The van der Waals surface area contributed by atoms with Crippen molar-refractivity contribution in [2.75, 3.05) is 51.3 Å². The van der Waals surface area contributed by atoms with Gasteiger partial charge < -0.3 is 19.3 Å². The molecule has 7 heteroatoms. The number of nitrogens with zero attached hydrogens (tertiary/aromatic N) is 2. The van der Waals surface area contributed by atoms with Gasteiger partial charge in [0.2, 0.25) is 0 Å². The lowest BCUT2D eigenvalue weighted by molar-refractivity contribution is 0.104. The van der Waals surface area contributed by atoms with Crippen molar-refractivity contribution in [3.63, 3.8) is 0 Å². The first-order valence-electron chi connectivity index (χ1n) is 10.5. The number of methoxy groups -OCH3 is 1. The van der Waals surface area contributed by atoms with Crippen molar-refractivity contribution in [3.8, 4) is 11.5 Å². The molecule has 0 aliphatic carbocycles. The van der Waals surface area contributed by atoms with Crippen LogP contribution in [0.3, 0.4) is 0 Å². The van der Waals surface area contributed by atoms with Gasteiger partial charge in [-0.15, -0.1) is 0 Å². The third-order valence-electron chi connectivity index (χ3n) is 5.36. The highest BCUT2D eigenvalue weighted by Gasteiger charge is 2.19. The maximum atomic E-state index is 14.7. The maximum absolute atomic E-state index is 14.7. The van der Waals surface area contributed by atoms with Gasteiger partial charge in [0.1, 0.15) is 5.82 Å². The summed E-state index contributed by atoms with van der Waals surface area (Å²) in [4.78, 5) is 17.0. The van der Waals surface area contributed by atoms with Crippen molar-refractivity contribution in [1.29, 1.82) is 0 Å². The highest BCUT2D eigenvalue weighted by molar-refractivity contribution is 9.10. The topological polar surface area (TPSA) is 42.0 Å². The Bertz CT molecular complexity index is 956. The van der Waals surface area contributed by atoms with Gasteiger partial charge in [-0.3, -0.25) is 4.79 Å². The molecular weight excluding hydrogens is 463 g/mol. The Hall–Kier alpha value is -2.38. The van der Waals surface area contributed by atoms with Crippen molar-refractivity contribution in [1.82, 2.24) is 4.90 Å². The number of allylic oxidation sites excluding steroid dienone is 1. The summed E-state index contributed by atoms with van der Waals surface area (Å²) in [6.45, 7) is 8.93. The molecule has 2 aromatic rings. The molecule has 0 radical (unpaired) electrons. The summed E-state index contributed by atoms with van der Waals surface area (Å²) in [6.07, 6.45) is 3.13. The van der Waals surface area contributed by atoms with Crippen LogP contribution >= 0.6 is 15.9 Å². The fourth-order valence-corrected chi connectivity index (χ4v) is 4.26. The largest absolute Gasteiger partial charge is 0.492 e. The second-order valence-corrected chi connectivity index (χ2v) is 8.11. The van der Waals surface area contributed by atoms with E-state index in [1.165, 1.54) is 12.1 Å². The zero-order valence-corrected chi connectivity index (χ0v) is 19.7. The Balaban J connectivity index is 1.73. The molecule has 3 rings (SSSR count). The maximum Gasteiger partial charge on any atom is 0.185 e. The predicted molar refractivity (Wildman–Crippen MR) is 126 cm³/mol. The summed E-state index contributed by atoms with van der Waals surface area (Å²) in [5.74, 6) is 0.564. The van der Waals surface area contributed by atoms with Crippen molar-refractivity contribution >= 4 is 33.5 Å². The van der Waals surface area contributed by atoms with Gasteiger partial charge in [-0.2, -0.15) is 0 Å². The molecule has 0 aromatic heterocycles. The van der Waals surface area contributed by atoms with Crippen molar-refractivity contribution < 1.29 is 18.7 Å². The van der Waals surface area contributed by atoms with Gasteiger partial charge in [0.05, 0.1) is 23.9 Å². The summed E-state index contributed by atoms with van der Waals surface area (Å²) in [6, 6.07) is 8.35. The second kappa shape index (κ2) is 10.8. The van der Waals surface area contributed by atoms with E-state index in [-0.39, 0.29) is 11.6 Å². The molecule has 0 saturated carbocycles. The molecule has 1 aliphatic heterocycles. The number of rotatable bonds is 8. The Morgan fingerprint density at radius 3 is 2.52 bits per heavy atom. The zero-order chi connectivity index (χ0) is 22.4. The molecule has 0 N–H and O–H groups in total. The van der Waals surface area contributed by atoms with Crippen molar-refractivity contribution in [3.05, 3.63) is 57.8 Å². The molecule has 1 aliphatic rings. The number of halogens is 2. The van der Waals surface area contributed by atoms with Gasteiger partial charge in [0.15, 0.2) is 17.3 Å². The van der Waals surface area contributed by atoms with Crippen LogP contribution in [-0.2, 0) is 0 Å². The Morgan fingerprint density at radius 1 is 1.16 bits per heavy atom. The molecule has 0 bridgehead atoms. The third-order valence-corrected chi connectivity index (χ3v) is 5.94. The Kier molecular flexibility index (Phi) is 8.09. The number of carbonyl (C=O) groups excluding carboxylic acids is 1. The lowest BCUT2D eigenvalue weighted by Crippen LogP contribution is -2.46. The predicted octanol–water partition coefficient (Wildman–Crippen LogP) is 5.03. The summed E-state index contributed by atoms with van der Waals surface area (Å²) >= 11 is 3.46. The third kappa shape index (κ3) is 5.66. The van der Waals surface area contributed by atoms with Gasteiger partial charge in [-0.05, 0) is 71.4 Å². The van der Waals surface area contributed by atoms with Crippen LogP contribution < -0.4 is 14.4 Å². The first-order chi connectivity index (χ1) is 15.0. The number of likely N-dealkylation sites (N-methyl/N-ethyl adjacent to an activating group) is 1. The average molecular weight is 491 g/mol. The normalized spacial score (nSPS) is 14.8. The zero-order valence-electron chi connectivity index (χ0n) is 18.2. The van der Waals surface area contributed by atoms with E-state index < -0.39 is 0 Å². The Morgan fingerprint density at radius 2 is 1.90 bits per heavy atom. The van der Waals surface area contributed by atoms with Crippen molar-refractivity contribution in [2.45, 2.75) is 13.8 Å². The lowest BCUT2D eigenvalue weighted by Gasteiger charge is -2.35. The van der Waals surface area contributed by atoms with E-state index in [2.05, 4.69) is 27.8 Å². The van der Waals surface area contributed by atoms with Crippen LogP contribution in [0.15, 0.2) is 40.9 Å². The van der Waals surface area contributed by atoms with Crippen LogP contribution in [0.2, 0.25) is 0 Å². The van der Waals surface area contributed by atoms with Crippen LogP contribution in [0.25, 0.3) is 6.08 Å². The molecule has 0 spiro atoms. The number of ether oxygens (including phenoxy) is 2. The highest BCUT2D eigenvalue weighted by Crippen LogP contribution is 2.37. The standard InChI is InChI=1S/C24H28BrFN2O3/c1-4-27-10-12-28(13-11-27)21-8-7-18(16-20(21)26)22(29)9-6-17-14-19(25)24(30-3)23(15-17)31-5-2/h6-9,14-16H,4-5,10-13H2,1-3H3/b9-6+. The van der Waals surface area contributed by atoms with E-state index in [4.69, 9.17) is 9.47 Å². The highest BCUT2D eigenvalue weighted by atomic mass is 79.9. The van der Waals surface area contributed by atoms with Gasteiger partial charge >= 0.3 is 0 Å². The van der Waals surface area contributed by atoms with E-state index in [0.717, 1.165) is 42.8 Å².